The van der Waals surface area contributed by atoms with E-state index in [4.69, 9.17) is 5.11 Å². The fraction of sp³-hybridized carbons (Fsp3) is 0.667. The molecule has 0 saturated carbocycles. The normalized spacial score (nSPS) is 21.0. The Morgan fingerprint density at radius 2 is 2.00 bits per heavy atom. The summed E-state index contributed by atoms with van der Waals surface area (Å²) in [7, 11) is 0. The lowest BCUT2D eigenvalue weighted by Gasteiger charge is -2.28. The van der Waals surface area contributed by atoms with Crippen molar-refractivity contribution in [1.82, 2.24) is 4.90 Å². The highest BCUT2D eigenvalue weighted by Crippen LogP contribution is 2.25. The van der Waals surface area contributed by atoms with Crippen molar-refractivity contribution in [2.24, 2.45) is 5.92 Å². The number of likely N-dealkylation sites (tertiary alicyclic amines) is 1. The molecule has 1 N–H and O–H groups in total. The van der Waals surface area contributed by atoms with Crippen molar-refractivity contribution in [3.05, 3.63) is 0 Å². The first-order chi connectivity index (χ1) is 9.81. The standard InChI is InChI=1S/C12H15F2NO6/c1-6(17)8(9(10(13)14)21-5-16)11(18)15-4-2-3-7(15)12(19)20/h5,7-10H,2-4H2,1H3,(H,19,20)/t7-,8?,9?/m0/s1. The summed E-state index contributed by atoms with van der Waals surface area (Å²) in [5.41, 5.74) is 0. The van der Waals surface area contributed by atoms with Crippen LogP contribution in [0.25, 0.3) is 0 Å². The first-order valence-corrected chi connectivity index (χ1v) is 6.22. The van der Waals surface area contributed by atoms with Crippen molar-refractivity contribution in [3.63, 3.8) is 0 Å². The minimum Gasteiger partial charge on any atom is -0.480 e. The number of carbonyl (C=O) groups excluding carboxylic acids is 3. The van der Waals surface area contributed by atoms with Gasteiger partial charge >= 0.3 is 5.97 Å². The molecule has 0 spiro atoms. The van der Waals surface area contributed by atoms with Gasteiger partial charge in [-0.25, -0.2) is 13.6 Å². The van der Waals surface area contributed by atoms with Crippen LogP contribution in [-0.2, 0) is 23.9 Å². The lowest BCUT2D eigenvalue weighted by molar-refractivity contribution is -0.164. The van der Waals surface area contributed by atoms with Gasteiger partial charge in [0.05, 0.1) is 0 Å². The number of hydrogen-bond donors (Lipinski definition) is 1. The number of carboxylic acid groups (broad SMARTS) is 1. The third kappa shape index (κ3) is 3.73. The van der Waals surface area contributed by atoms with Gasteiger partial charge in [-0.15, -0.1) is 0 Å². The third-order valence-corrected chi connectivity index (χ3v) is 3.31. The first-order valence-electron chi connectivity index (χ1n) is 6.22. The van der Waals surface area contributed by atoms with E-state index in [1.807, 2.05) is 0 Å². The number of rotatable bonds is 7. The van der Waals surface area contributed by atoms with Gasteiger partial charge in [0.1, 0.15) is 17.7 Å². The second kappa shape index (κ2) is 7.09. The van der Waals surface area contributed by atoms with Crippen molar-refractivity contribution < 1.29 is 37.8 Å². The van der Waals surface area contributed by atoms with Crippen LogP contribution in [0.3, 0.4) is 0 Å². The second-order valence-corrected chi connectivity index (χ2v) is 4.65. The molecule has 118 valence electrons. The fourth-order valence-corrected chi connectivity index (χ4v) is 2.36. The lowest BCUT2D eigenvalue weighted by Crippen LogP contribution is -2.50. The summed E-state index contributed by atoms with van der Waals surface area (Å²) in [5.74, 6) is -5.15. The molecule has 1 rings (SSSR count). The van der Waals surface area contributed by atoms with E-state index in [0.717, 1.165) is 11.8 Å². The Labute approximate surface area is 118 Å². The van der Waals surface area contributed by atoms with Crippen LogP contribution in [0, 0.1) is 5.92 Å². The molecule has 0 aromatic heterocycles. The third-order valence-electron chi connectivity index (χ3n) is 3.31. The summed E-state index contributed by atoms with van der Waals surface area (Å²) in [6.07, 6.45) is -4.89. The molecule has 2 unspecified atom stereocenters. The van der Waals surface area contributed by atoms with Crippen molar-refractivity contribution in [3.8, 4) is 0 Å². The Kier molecular flexibility index (Phi) is 5.74. The molecule has 21 heavy (non-hydrogen) atoms. The number of ketones is 1. The minimum atomic E-state index is -3.24. The zero-order valence-corrected chi connectivity index (χ0v) is 11.2. The number of amides is 1. The molecule has 1 amide bonds. The molecule has 0 aromatic rings. The number of Topliss-reactive ketones (excluding diaryl/α,β-unsaturated/α-hetero) is 1. The predicted octanol–water partition coefficient (Wildman–Crippen LogP) is 0.0739. The van der Waals surface area contributed by atoms with E-state index in [1.165, 1.54) is 0 Å². The molecule has 1 saturated heterocycles. The number of carboxylic acids is 1. The minimum absolute atomic E-state index is 0.0522. The number of carbonyl (C=O) groups is 4. The predicted molar refractivity (Wildman–Crippen MR) is 63.5 cm³/mol. The van der Waals surface area contributed by atoms with Gasteiger partial charge in [-0.3, -0.25) is 14.4 Å². The maximum absolute atomic E-state index is 12.9. The Morgan fingerprint density at radius 1 is 1.38 bits per heavy atom. The highest BCUT2D eigenvalue weighted by molar-refractivity contribution is 6.02. The van der Waals surface area contributed by atoms with Gasteiger partial charge in [0.25, 0.3) is 12.9 Å². The van der Waals surface area contributed by atoms with Crippen LogP contribution in [0.2, 0.25) is 0 Å². The van der Waals surface area contributed by atoms with E-state index in [-0.39, 0.29) is 19.4 Å². The van der Waals surface area contributed by atoms with E-state index < -0.39 is 42.1 Å². The van der Waals surface area contributed by atoms with Gasteiger partial charge < -0.3 is 14.7 Å². The van der Waals surface area contributed by atoms with E-state index >= 15 is 0 Å². The van der Waals surface area contributed by atoms with Crippen molar-refractivity contribution in [2.75, 3.05) is 6.54 Å². The summed E-state index contributed by atoms with van der Waals surface area (Å²) in [4.78, 5) is 45.9. The van der Waals surface area contributed by atoms with Crippen molar-refractivity contribution >= 4 is 24.1 Å². The maximum atomic E-state index is 12.9. The van der Waals surface area contributed by atoms with Crippen LogP contribution in [0.1, 0.15) is 19.8 Å². The van der Waals surface area contributed by atoms with Gasteiger partial charge in [-0.1, -0.05) is 0 Å². The SMILES string of the molecule is CC(=O)C(C(=O)N1CCC[C@H]1C(=O)O)C(OC=O)C(F)F. The molecular weight excluding hydrogens is 292 g/mol. The van der Waals surface area contributed by atoms with Gasteiger partial charge in [-0.2, -0.15) is 0 Å². The molecule has 1 heterocycles. The Balaban J connectivity index is 3.04. The van der Waals surface area contributed by atoms with Crippen molar-refractivity contribution in [1.29, 1.82) is 0 Å². The Bertz CT molecular complexity index is 441. The average molecular weight is 307 g/mol. The molecule has 7 nitrogen and oxygen atoms in total. The van der Waals surface area contributed by atoms with Gasteiger partial charge in [0.2, 0.25) is 5.91 Å². The number of hydrogen-bond acceptors (Lipinski definition) is 5. The number of ether oxygens (including phenoxy) is 1. The molecule has 1 aliphatic rings. The zero-order valence-electron chi connectivity index (χ0n) is 11.2. The number of nitrogens with zero attached hydrogens (tertiary/aromatic N) is 1. The summed E-state index contributed by atoms with van der Waals surface area (Å²) in [6.45, 7) is 0.702. The Morgan fingerprint density at radius 3 is 2.43 bits per heavy atom. The van der Waals surface area contributed by atoms with E-state index in [1.54, 1.807) is 0 Å². The summed E-state index contributed by atoms with van der Waals surface area (Å²) in [5, 5.41) is 8.99. The maximum Gasteiger partial charge on any atom is 0.326 e. The quantitative estimate of drug-likeness (QED) is 0.528. The van der Waals surface area contributed by atoms with E-state index in [9.17, 15) is 28.0 Å². The van der Waals surface area contributed by atoms with E-state index in [2.05, 4.69) is 4.74 Å². The first kappa shape index (κ1) is 17.0. The van der Waals surface area contributed by atoms with Gasteiger partial charge in [0.15, 0.2) is 6.10 Å². The summed E-state index contributed by atoms with van der Waals surface area (Å²) < 4.78 is 29.9. The molecule has 0 radical (unpaired) electrons. The van der Waals surface area contributed by atoms with Crippen LogP contribution in [-0.4, -0.2) is 59.3 Å². The topological polar surface area (TPSA) is 101 Å². The molecule has 9 heteroatoms. The van der Waals surface area contributed by atoms with Crippen LogP contribution < -0.4 is 0 Å². The van der Waals surface area contributed by atoms with Gasteiger partial charge in [-0.05, 0) is 19.8 Å². The number of aliphatic carboxylic acids is 1. The molecule has 3 atom stereocenters. The van der Waals surface area contributed by atoms with Crippen molar-refractivity contribution in [2.45, 2.75) is 38.3 Å². The zero-order chi connectivity index (χ0) is 16.2. The number of halogens is 2. The largest absolute Gasteiger partial charge is 0.480 e. The van der Waals surface area contributed by atoms with Crippen LogP contribution in [0.15, 0.2) is 0 Å². The van der Waals surface area contributed by atoms with Crippen LogP contribution in [0.4, 0.5) is 8.78 Å². The Hall–Kier alpha value is -2.06. The van der Waals surface area contributed by atoms with Gasteiger partial charge in [0, 0.05) is 6.54 Å². The average Bonchev–Trinajstić information content (AvgIpc) is 2.86. The molecule has 0 bridgehead atoms. The molecular formula is C12H15F2NO6. The fourth-order valence-electron chi connectivity index (χ4n) is 2.36. The molecule has 0 aliphatic carbocycles. The number of alkyl halides is 2. The summed E-state index contributed by atoms with van der Waals surface area (Å²) in [6, 6.07) is -1.16. The summed E-state index contributed by atoms with van der Waals surface area (Å²) >= 11 is 0. The molecule has 1 fully saturated rings. The highest BCUT2D eigenvalue weighted by atomic mass is 19.3. The molecule has 0 aromatic carbocycles. The van der Waals surface area contributed by atoms with Crippen LogP contribution >= 0.6 is 0 Å². The second-order valence-electron chi connectivity index (χ2n) is 4.65. The smallest absolute Gasteiger partial charge is 0.326 e. The van der Waals surface area contributed by atoms with E-state index in [0.29, 0.717) is 6.42 Å². The molecule has 1 aliphatic heterocycles. The lowest BCUT2D eigenvalue weighted by atomic mass is 9.96. The van der Waals surface area contributed by atoms with Crippen LogP contribution in [0.5, 0.6) is 0 Å². The highest BCUT2D eigenvalue weighted by Gasteiger charge is 2.45. The monoisotopic (exact) mass is 307 g/mol.